The first kappa shape index (κ1) is 15.4. The minimum Gasteiger partial charge on any atom is -0.504 e. The van der Waals surface area contributed by atoms with Gasteiger partial charge in [-0.3, -0.25) is 14.5 Å². The predicted octanol–water partition coefficient (Wildman–Crippen LogP) is 2.08. The fraction of sp³-hybridized carbons (Fsp3) is 0.286. The van der Waals surface area contributed by atoms with Crippen LogP contribution in [-0.2, 0) is 9.53 Å². The van der Waals surface area contributed by atoms with Crippen molar-refractivity contribution in [3.8, 4) is 11.5 Å². The van der Waals surface area contributed by atoms with Gasteiger partial charge in [-0.1, -0.05) is 6.07 Å². The second-order valence-electron chi connectivity index (χ2n) is 4.26. The maximum atomic E-state index is 12.1. The van der Waals surface area contributed by atoms with Crippen LogP contribution in [0.2, 0.25) is 0 Å². The van der Waals surface area contributed by atoms with Crippen molar-refractivity contribution >= 4 is 29.0 Å². The number of thioether (sulfide) groups is 1. The molecule has 0 atom stereocenters. The number of rotatable bonds is 5. The van der Waals surface area contributed by atoms with Crippen LogP contribution < -0.4 is 4.74 Å². The second-order valence-corrected chi connectivity index (χ2v) is 5.25. The Hall–Kier alpha value is -1.99. The van der Waals surface area contributed by atoms with E-state index in [4.69, 9.17) is 9.47 Å². The van der Waals surface area contributed by atoms with Gasteiger partial charge in [-0.2, -0.15) is 0 Å². The van der Waals surface area contributed by atoms with E-state index in [2.05, 4.69) is 0 Å². The van der Waals surface area contributed by atoms with Crippen LogP contribution in [-0.4, -0.2) is 48.5 Å². The van der Waals surface area contributed by atoms with E-state index in [-0.39, 0.29) is 23.4 Å². The summed E-state index contributed by atoms with van der Waals surface area (Å²) in [5.41, 5.74) is 0.616. The van der Waals surface area contributed by atoms with E-state index in [0.717, 1.165) is 16.7 Å². The van der Waals surface area contributed by atoms with Crippen molar-refractivity contribution in [2.24, 2.45) is 0 Å². The molecule has 0 radical (unpaired) electrons. The summed E-state index contributed by atoms with van der Waals surface area (Å²) in [5.74, 6) is -0.0254. The third kappa shape index (κ3) is 3.37. The molecule has 0 spiro atoms. The Bertz CT molecular complexity index is 599. The molecule has 0 aliphatic carbocycles. The molecule has 2 amide bonds. The summed E-state index contributed by atoms with van der Waals surface area (Å²) in [6, 6.07) is 4.76. The summed E-state index contributed by atoms with van der Waals surface area (Å²) in [6.45, 7) is 0.529. The van der Waals surface area contributed by atoms with Crippen LogP contribution in [0, 0.1) is 0 Å². The van der Waals surface area contributed by atoms with Gasteiger partial charge < -0.3 is 14.6 Å². The van der Waals surface area contributed by atoms with Gasteiger partial charge in [0.05, 0.1) is 25.2 Å². The number of aromatic hydroxyl groups is 1. The first-order valence-corrected chi connectivity index (χ1v) is 6.99. The Kier molecular flexibility index (Phi) is 4.87. The molecular formula is C14H15NO5S. The van der Waals surface area contributed by atoms with Gasteiger partial charge in [0.1, 0.15) is 0 Å². The molecule has 1 N–H and O–H groups in total. The molecule has 0 saturated carbocycles. The molecule has 21 heavy (non-hydrogen) atoms. The molecule has 1 aliphatic heterocycles. The lowest BCUT2D eigenvalue weighted by Gasteiger charge is -2.10. The van der Waals surface area contributed by atoms with Gasteiger partial charge in [-0.25, -0.2) is 0 Å². The number of carbonyl (C=O) groups is 2. The molecule has 1 aromatic carbocycles. The second kappa shape index (κ2) is 6.64. The minimum absolute atomic E-state index is 0.0233. The number of phenolic OH excluding ortho intramolecular Hbond substituents is 1. The smallest absolute Gasteiger partial charge is 0.293 e. The summed E-state index contributed by atoms with van der Waals surface area (Å²) in [6.07, 6.45) is 1.57. The fourth-order valence-electron chi connectivity index (χ4n) is 1.82. The molecule has 1 fully saturated rings. The average molecular weight is 309 g/mol. The highest BCUT2D eigenvalue weighted by atomic mass is 32.2. The number of carbonyl (C=O) groups excluding carboxylic acids is 2. The van der Waals surface area contributed by atoms with E-state index < -0.39 is 0 Å². The minimum atomic E-state index is -0.350. The van der Waals surface area contributed by atoms with Crippen molar-refractivity contribution in [2.75, 3.05) is 27.4 Å². The van der Waals surface area contributed by atoms with Crippen LogP contribution in [0.5, 0.6) is 11.5 Å². The molecule has 0 unspecified atom stereocenters. The summed E-state index contributed by atoms with van der Waals surface area (Å²) in [5, 5.41) is 9.39. The summed E-state index contributed by atoms with van der Waals surface area (Å²) >= 11 is 0.873. The zero-order chi connectivity index (χ0) is 15.4. The number of benzene rings is 1. The lowest BCUT2D eigenvalue weighted by molar-refractivity contribution is -0.123. The average Bonchev–Trinajstić information content (AvgIpc) is 2.72. The van der Waals surface area contributed by atoms with Crippen LogP contribution in [0.4, 0.5) is 4.79 Å². The largest absolute Gasteiger partial charge is 0.504 e. The molecule has 6 nitrogen and oxygen atoms in total. The van der Waals surface area contributed by atoms with Crippen molar-refractivity contribution < 1.29 is 24.2 Å². The maximum Gasteiger partial charge on any atom is 0.293 e. The topological polar surface area (TPSA) is 76.1 Å². The van der Waals surface area contributed by atoms with Crippen LogP contribution in [0.15, 0.2) is 23.1 Å². The molecular weight excluding hydrogens is 294 g/mol. The molecule has 0 bridgehead atoms. The fourth-order valence-corrected chi connectivity index (χ4v) is 2.69. The Morgan fingerprint density at radius 3 is 2.71 bits per heavy atom. The normalized spacial score (nSPS) is 16.9. The van der Waals surface area contributed by atoms with E-state index in [9.17, 15) is 14.7 Å². The Labute approximate surface area is 126 Å². The molecule has 1 aliphatic rings. The monoisotopic (exact) mass is 309 g/mol. The summed E-state index contributed by atoms with van der Waals surface area (Å²) < 4.78 is 9.82. The van der Waals surface area contributed by atoms with Gasteiger partial charge in [-0.05, 0) is 35.5 Å². The number of imide groups is 1. The number of ether oxygens (including phenoxy) is 2. The van der Waals surface area contributed by atoms with Crippen molar-refractivity contribution in [1.29, 1.82) is 0 Å². The number of nitrogens with zero attached hydrogens (tertiary/aromatic N) is 1. The highest BCUT2D eigenvalue weighted by molar-refractivity contribution is 8.18. The maximum absolute atomic E-state index is 12.1. The van der Waals surface area contributed by atoms with Gasteiger partial charge in [0.2, 0.25) is 0 Å². The quantitative estimate of drug-likeness (QED) is 0.839. The van der Waals surface area contributed by atoms with E-state index in [1.165, 1.54) is 20.3 Å². The van der Waals surface area contributed by atoms with Crippen molar-refractivity contribution in [3.05, 3.63) is 28.7 Å². The van der Waals surface area contributed by atoms with Crippen molar-refractivity contribution in [2.45, 2.75) is 0 Å². The van der Waals surface area contributed by atoms with Gasteiger partial charge in [0.15, 0.2) is 11.5 Å². The number of hydrogen-bond donors (Lipinski definition) is 1. The van der Waals surface area contributed by atoms with E-state index in [1.807, 2.05) is 0 Å². The Balaban J connectivity index is 2.20. The van der Waals surface area contributed by atoms with Gasteiger partial charge >= 0.3 is 0 Å². The van der Waals surface area contributed by atoms with Gasteiger partial charge in [-0.15, -0.1) is 0 Å². The molecule has 112 valence electrons. The zero-order valence-corrected chi connectivity index (χ0v) is 12.5. The highest BCUT2D eigenvalue weighted by Gasteiger charge is 2.34. The molecule has 1 heterocycles. The molecule has 0 aromatic heterocycles. The highest BCUT2D eigenvalue weighted by Crippen LogP contribution is 2.33. The summed E-state index contributed by atoms with van der Waals surface area (Å²) in [4.78, 5) is 25.3. The first-order valence-electron chi connectivity index (χ1n) is 6.18. The summed E-state index contributed by atoms with van der Waals surface area (Å²) in [7, 11) is 2.96. The Morgan fingerprint density at radius 1 is 1.33 bits per heavy atom. The predicted molar refractivity (Wildman–Crippen MR) is 79.2 cm³/mol. The lowest BCUT2D eigenvalue weighted by Crippen LogP contribution is -2.31. The molecule has 1 aromatic rings. The van der Waals surface area contributed by atoms with Crippen molar-refractivity contribution in [1.82, 2.24) is 4.90 Å². The molecule has 1 saturated heterocycles. The van der Waals surface area contributed by atoms with Crippen molar-refractivity contribution in [3.63, 3.8) is 0 Å². The van der Waals surface area contributed by atoms with Crippen LogP contribution in [0.3, 0.4) is 0 Å². The zero-order valence-electron chi connectivity index (χ0n) is 11.7. The number of amides is 2. The van der Waals surface area contributed by atoms with E-state index in [0.29, 0.717) is 22.8 Å². The molecule has 2 rings (SSSR count). The SMILES string of the molecule is COCCN1C(=O)S/C(=C/c2ccc(OC)c(O)c2)C1=O. The van der Waals surface area contributed by atoms with E-state index >= 15 is 0 Å². The van der Waals surface area contributed by atoms with Gasteiger partial charge in [0.25, 0.3) is 11.1 Å². The third-order valence-electron chi connectivity index (χ3n) is 2.89. The van der Waals surface area contributed by atoms with Crippen LogP contribution in [0.25, 0.3) is 6.08 Å². The van der Waals surface area contributed by atoms with Crippen LogP contribution in [0.1, 0.15) is 5.56 Å². The number of methoxy groups -OCH3 is 2. The number of hydrogen-bond acceptors (Lipinski definition) is 6. The number of phenols is 1. The molecule has 7 heteroatoms. The lowest BCUT2D eigenvalue weighted by atomic mass is 10.2. The first-order chi connectivity index (χ1) is 10.1. The van der Waals surface area contributed by atoms with Crippen LogP contribution >= 0.6 is 11.8 Å². The van der Waals surface area contributed by atoms with Gasteiger partial charge in [0, 0.05) is 7.11 Å². The standard InChI is InChI=1S/C14H15NO5S/c1-19-6-5-15-13(17)12(21-14(15)18)8-9-3-4-11(20-2)10(16)7-9/h3-4,7-8,16H,5-6H2,1-2H3/b12-8+. The Morgan fingerprint density at radius 2 is 2.10 bits per heavy atom. The third-order valence-corrected chi connectivity index (χ3v) is 3.80. The van der Waals surface area contributed by atoms with E-state index in [1.54, 1.807) is 18.2 Å².